The van der Waals surface area contributed by atoms with Gasteiger partial charge in [0.05, 0.1) is 5.52 Å². The van der Waals surface area contributed by atoms with Gasteiger partial charge in [0.25, 0.3) is 0 Å². The van der Waals surface area contributed by atoms with Gasteiger partial charge in [-0.2, -0.15) is 0 Å². The fraction of sp³-hybridized carbons (Fsp3) is 0.357. The molecule has 0 amide bonds. The SMILES string of the molecule is Cc1cc(CCCCN)c2cc(F)ccc2n1. The molecule has 1 aromatic heterocycles. The second-order valence-corrected chi connectivity index (χ2v) is 4.33. The summed E-state index contributed by atoms with van der Waals surface area (Å²) in [6.07, 6.45) is 2.96. The Labute approximate surface area is 101 Å². The van der Waals surface area contributed by atoms with E-state index in [0.717, 1.165) is 35.9 Å². The molecule has 0 saturated heterocycles. The molecule has 17 heavy (non-hydrogen) atoms. The minimum atomic E-state index is -0.205. The average Bonchev–Trinajstić information content (AvgIpc) is 2.30. The van der Waals surface area contributed by atoms with Gasteiger partial charge in [0.2, 0.25) is 0 Å². The zero-order chi connectivity index (χ0) is 12.3. The molecule has 2 rings (SSSR count). The van der Waals surface area contributed by atoms with E-state index >= 15 is 0 Å². The first-order chi connectivity index (χ1) is 8.20. The Kier molecular flexibility index (Phi) is 3.69. The molecule has 0 atom stereocenters. The van der Waals surface area contributed by atoms with Crippen molar-refractivity contribution in [1.29, 1.82) is 0 Å². The number of aromatic nitrogens is 1. The van der Waals surface area contributed by atoms with Crippen LogP contribution in [0.3, 0.4) is 0 Å². The minimum absolute atomic E-state index is 0.205. The lowest BCUT2D eigenvalue weighted by atomic mass is 10.0. The van der Waals surface area contributed by atoms with E-state index in [2.05, 4.69) is 4.98 Å². The highest BCUT2D eigenvalue weighted by atomic mass is 19.1. The third-order valence-corrected chi connectivity index (χ3v) is 2.88. The van der Waals surface area contributed by atoms with E-state index in [0.29, 0.717) is 6.54 Å². The predicted octanol–water partition coefficient (Wildman–Crippen LogP) is 2.96. The molecule has 0 bridgehead atoms. The fourth-order valence-electron chi connectivity index (χ4n) is 2.08. The van der Waals surface area contributed by atoms with Crippen molar-refractivity contribution in [3.05, 3.63) is 41.3 Å². The van der Waals surface area contributed by atoms with Crippen LogP contribution >= 0.6 is 0 Å². The molecule has 2 nitrogen and oxygen atoms in total. The average molecular weight is 232 g/mol. The zero-order valence-electron chi connectivity index (χ0n) is 10.0. The van der Waals surface area contributed by atoms with Gasteiger partial charge in [-0.25, -0.2) is 4.39 Å². The molecule has 0 aliphatic carbocycles. The summed E-state index contributed by atoms with van der Waals surface area (Å²) in [5.41, 5.74) is 8.50. The number of rotatable bonds is 4. The van der Waals surface area contributed by atoms with Crippen LogP contribution in [0.15, 0.2) is 24.3 Å². The molecular formula is C14H17FN2. The molecule has 0 radical (unpaired) electrons. The quantitative estimate of drug-likeness (QED) is 0.823. The van der Waals surface area contributed by atoms with Crippen molar-refractivity contribution in [3.8, 4) is 0 Å². The first kappa shape index (κ1) is 12.0. The van der Waals surface area contributed by atoms with Gasteiger partial charge in [0, 0.05) is 11.1 Å². The number of fused-ring (bicyclic) bond motifs is 1. The number of unbranched alkanes of at least 4 members (excludes halogenated alkanes) is 1. The smallest absolute Gasteiger partial charge is 0.123 e. The third kappa shape index (κ3) is 2.80. The summed E-state index contributed by atoms with van der Waals surface area (Å²) >= 11 is 0. The second-order valence-electron chi connectivity index (χ2n) is 4.33. The first-order valence-electron chi connectivity index (χ1n) is 5.96. The summed E-state index contributed by atoms with van der Waals surface area (Å²) in [7, 11) is 0. The number of hydrogen-bond donors (Lipinski definition) is 1. The van der Waals surface area contributed by atoms with E-state index in [9.17, 15) is 4.39 Å². The molecule has 1 aromatic carbocycles. The number of nitrogens with zero attached hydrogens (tertiary/aromatic N) is 1. The topological polar surface area (TPSA) is 38.9 Å². The van der Waals surface area contributed by atoms with Crippen molar-refractivity contribution in [2.24, 2.45) is 5.73 Å². The maximum atomic E-state index is 13.3. The van der Waals surface area contributed by atoms with E-state index in [1.807, 2.05) is 13.0 Å². The number of pyridine rings is 1. The summed E-state index contributed by atoms with van der Waals surface area (Å²) in [5.74, 6) is -0.205. The van der Waals surface area contributed by atoms with Gasteiger partial charge < -0.3 is 5.73 Å². The van der Waals surface area contributed by atoms with Gasteiger partial charge in [0.1, 0.15) is 5.82 Å². The Balaban J connectivity index is 2.40. The largest absolute Gasteiger partial charge is 0.330 e. The van der Waals surface area contributed by atoms with E-state index in [-0.39, 0.29) is 5.82 Å². The fourth-order valence-corrected chi connectivity index (χ4v) is 2.08. The lowest BCUT2D eigenvalue weighted by molar-refractivity contribution is 0.629. The van der Waals surface area contributed by atoms with E-state index in [4.69, 9.17) is 5.73 Å². The first-order valence-corrected chi connectivity index (χ1v) is 5.96. The second kappa shape index (κ2) is 5.23. The number of nitrogens with two attached hydrogens (primary N) is 1. The van der Waals surface area contributed by atoms with Crippen LogP contribution < -0.4 is 5.73 Å². The van der Waals surface area contributed by atoms with Crippen molar-refractivity contribution in [2.75, 3.05) is 6.54 Å². The van der Waals surface area contributed by atoms with Crippen LogP contribution in [0.5, 0.6) is 0 Å². The van der Waals surface area contributed by atoms with Gasteiger partial charge >= 0.3 is 0 Å². The summed E-state index contributed by atoms with van der Waals surface area (Å²) < 4.78 is 13.3. The van der Waals surface area contributed by atoms with Gasteiger partial charge in [-0.3, -0.25) is 4.98 Å². The number of aryl methyl sites for hydroxylation is 2. The highest BCUT2D eigenvalue weighted by Gasteiger charge is 2.05. The Morgan fingerprint density at radius 2 is 2.06 bits per heavy atom. The molecule has 2 N–H and O–H groups in total. The third-order valence-electron chi connectivity index (χ3n) is 2.88. The molecular weight excluding hydrogens is 215 g/mol. The summed E-state index contributed by atoms with van der Waals surface area (Å²) in [5, 5.41) is 0.924. The van der Waals surface area contributed by atoms with Crippen molar-refractivity contribution < 1.29 is 4.39 Å². The van der Waals surface area contributed by atoms with Crippen molar-refractivity contribution >= 4 is 10.9 Å². The predicted molar refractivity (Wildman–Crippen MR) is 68.4 cm³/mol. The van der Waals surface area contributed by atoms with Crippen LogP contribution in [0.2, 0.25) is 0 Å². The zero-order valence-corrected chi connectivity index (χ0v) is 10.0. The molecule has 3 heteroatoms. The normalized spacial score (nSPS) is 11.0. The van der Waals surface area contributed by atoms with Crippen LogP contribution in [-0.2, 0) is 6.42 Å². The molecule has 90 valence electrons. The maximum absolute atomic E-state index is 13.3. The minimum Gasteiger partial charge on any atom is -0.330 e. The van der Waals surface area contributed by atoms with E-state index in [1.54, 1.807) is 12.1 Å². The maximum Gasteiger partial charge on any atom is 0.123 e. The molecule has 2 aromatic rings. The van der Waals surface area contributed by atoms with Gasteiger partial charge in [-0.05, 0) is 62.6 Å². The van der Waals surface area contributed by atoms with Gasteiger partial charge in [-0.15, -0.1) is 0 Å². The number of benzene rings is 1. The van der Waals surface area contributed by atoms with Crippen molar-refractivity contribution in [2.45, 2.75) is 26.2 Å². The Bertz CT molecular complexity index is 523. The Hall–Kier alpha value is -1.48. The molecule has 0 aliphatic rings. The van der Waals surface area contributed by atoms with Crippen LogP contribution in [0.1, 0.15) is 24.1 Å². The lowest BCUT2D eigenvalue weighted by Gasteiger charge is -2.07. The molecule has 0 unspecified atom stereocenters. The van der Waals surface area contributed by atoms with Crippen molar-refractivity contribution in [3.63, 3.8) is 0 Å². The van der Waals surface area contributed by atoms with Crippen LogP contribution in [0, 0.1) is 12.7 Å². The Morgan fingerprint density at radius 1 is 1.24 bits per heavy atom. The molecule has 0 saturated carbocycles. The highest BCUT2D eigenvalue weighted by molar-refractivity contribution is 5.82. The monoisotopic (exact) mass is 232 g/mol. The number of halogens is 1. The van der Waals surface area contributed by atoms with E-state index < -0.39 is 0 Å². The van der Waals surface area contributed by atoms with Crippen molar-refractivity contribution in [1.82, 2.24) is 4.98 Å². The van der Waals surface area contributed by atoms with Crippen LogP contribution in [0.4, 0.5) is 4.39 Å². The molecule has 0 spiro atoms. The lowest BCUT2D eigenvalue weighted by Crippen LogP contribution is -2.00. The Morgan fingerprint density at radius 3 is 2.82 bits per heavy atom. The summed E-state index contributed by atoms with van der Waals surface area (Å²) in [4.78, 5) is 4.41. The van der Waals surface area contributed by atoms with Crippen LogP contribution in [-0.4, -0.2) is 11.5 Å². The van der Waals surface area contributed by atoms with Gasteiger partial charge in [-0.1, -0.05) is 0 Å². The number of hydrogen-bond acceptors (Lipinski definition) is 2. The van der Waals surface area contributed by atoms with Gasteiger partial charge in [0.15, 0.2) is 0 Å². The van der Waals surface area contributed by atoms with Crippen LogP contribution in [0.25, 0.3) is 10.9 Å². The highest BCUT2D eigenvalue weighted by Crippen LogP contribution is 2.21. The summed E-state index contributed by atoms with van der Waals surface area (Å²) in [6.45, 7) is 2.67. The standard InChI is InChI=1S/C14H17FN2/c1-10-8-11(4-2-3-7-16)13-9-12(15)5-6-14(13)17-10/h5-6,8-9H,2-4,7,16H2,1H3. The summed E-state index contributed by atoms with van der Waals surface area (Å²) in [6, 6.07) is 6.81. The molecule has 0 fully saturated rings. The van der Waals surface area contributed by atoms with E-state index in [1.165, 1.54) is 11.6 Å². The molecule has 1 heterocycles. The molecule has 0 aliphatic heterocycles.